The van der Waals surface area contributed by atoms with E-state index in [2.05, 4.69) is 20.6 Å². The molecule has 0 saturated heterocycles. The largest absolute Gasteiger partial charge is 0.347 e. The fourth-order valence-corrected chi connectivity index (χ4v) is 3.31. The van der Waals surface area contributed by atoms with Crippen molar-refractivity contribution in [2.75, 3.05) is 5.32 Å². The smallest absolute Gasteiger partial charge is 0.271 e. The van der Waals surface area contributed by atoms with Gasteiger partial charge in [-0.2, -0.15) is 0 Å². The van der Waals surface area contributed by atoms with Crippen molar-refractivity contribution in [2.45, 2.75) is 20.4 Å². The number of hydrogen-bond acceptors (Lipinski definition) is 5. The monoisotopic (exact) mass is 366 g/mol. The van der Waals surface area contributed by atoms with Crippen LogP contribution in [0, 0.1) is 6.92 Å². The maximum atomic E-state index is 12.4. The molecule has 0 aliphatic carbocycles. The van der Waals surface area contributed by atoms with Gasteiger partial charge in [-0.25, -0.2) is 4.98 Å². The molecule has 2 aromatic heterocycles. The van der Waals surface area contributed by atoms with Crippen molar-refractivity contribution in [3.63, 3.8) is 0 Å². The number of anilines is 1. The van der Waals surface area contributed by atoms with Gasteiger partial charge in [0.25, 0.3) is 5.91 Å². The van der Waals surface area contributed by atoms with Crippen LogP contribution in [0.4, 0.5) is 5.69 Å². The number of nitrogens with one attached hydrogen (secondary N) is 2. The molecule has 0 unspecified atom stereocenters. The zero-order chi connectivity index (χ0) is 18.5. The van der Waals surface area contributed by atoms with E-state index >= 15 is 0 Å². The Morgan fingerprint density at radius 1 is 1.15 bits per heavy atom. The zero-order valence-electron chi connectivity index (χ0n) is 14.4. The molecule has 0 spiro atoms. The molecular weight excluding hydrogens is 348 g/mol. The first-order chi connectivity index (χ1) is 12.5. The van der Waals surface area contributed by atoms with Crippen LogP contribution >= 0.6 is 11.3 Å². The van der Waals surface area contributed by atoms with Crippen molar-refractivity contribution in [1.82, 2.24) is 15.3 Å². The van der Waals surface area contributed by atoms with Gasteiger partial charge in [0.05, 0.1) is 0 Å². The quantitative estimate of drug-likeness (QED) is 0.725. The molecule has 3 aromatic rings. The number of pyridine rings is 1. The summed E-state index contributed by atoms with van der Waals surface area (Å²) in [7, 11) is 0. The number of aryl methyl sites for hydroxylation is 1. The van der Waals surface area contributed by atoms with E-state index in [1.54, 1.807) is 12.4 Å². The fourth-order valence-electron chi connectivity index (χ4n) is 2.40. The van der Waals surface area contributed by atoms with E-state index in [9.17, 15) is 9.59 Å². The lowest BCUT2D eigenvalue weighted by Gasteiger charge is -2.03. The average Bonchev–Trinajstić information content (AvgIpc) is 3.02. The van der Waals surface area contributed by atoms with Crippen LogP contribution in [0.15, 0.2) is 48.8 Å². The first-order valence-electron chi connectivity index (χ1n) is 8.05. The summed E-state index contributed by atoms with van der Waals surface area (Å²) in [4.78, 5) is 32.9. The summed E-state index contributed by atoms with van der Waals surface area (Å²) >= 11 is 1.47. The van der Waals surface area contributed by atoms with Crippen LogP contribution in [0.2, 0.25) is 0 Å². The minimum Gasteiger partial charge on any atom is -0.347 e. The molecule has 2 amide bonds. The molecule has 0 atom stereocenters. The van der Waals surface area contributed by atoms with Crippen LogP contribution in [-0.2, 0) is 11.3 Å². The van der Waals surface area contributed by atoms with Gasteiger partial charge in [-0.1, -0.05) is 6.07 Å². The third-order valence-electron chi connectivity index (χ3n) is 3.64. The van der Waals surface area contributed by atoms with Gasteiger partial charge in [0.15, 0.2) is 0 Å². The average molecular weight is 366 g/mol. The van der Waals surface area contributed by atoms with Crippen molar-refractivity contribution in [3.05, 3.63) is 64.9 Å². The van der Waals surface area contributed by atoms with Crippen molar-refractivity contribution < 1.29 is 9.59 Å². The summed E-state index contributed by atoms with van der Waals surface area (Å²) in [6.07, 6.45) is 3.41. The van der Waals surface area contributed by atoms with Gasteiger partial charge in [-0.3, -0.25) is 14.6 Å². The van der Waals surface area contributed by atoms with Crippen LogP contribution in [-0.4, -0.2) is 21.8 Å². The molecule has 2 heterocycles. The van der Waals surface area contributed by atoms with E-state index in [0.29, 0.717) is 12.2 Å². The molecule has 3 rings (SSSR count). The highest BCUT2D eigenvalue weighted by atomic mass is 32.1. The maximum Gasteiger partial charge on any atom is 0.271 e. The highest BCUT2D eigenvalue weighted by molar-refractivity contribution is 7.15. The molecule has 0 aliphatic rings. The predicted molar refractivity (Wildman–Crippen MR) is 102 cm³/mol. The number of benzene rings is 1. The Balaban J connectivity index is 1.72. The maximum absolute atomic E-state index is 12.4. The molecule has 0 fully saturated rings. The van der Waals surface area contributed by atoms with Crippen LogP contribution < -0.4 is 10.6 Å². The molecule has 0 bridgehead atoms. The molecule has 26 heavy (non-hydrogen) atoms. The minimum atomic E-state index is -0.205. The van der Waals surface area contributed by atoms with Crippen molar-refractivity contribution in [3.8, 4) is 10.6 Å². The molecule has 6 nitrogen and oxygen atoms in total. The lowest BCUT2D eigenvalue weighted by molar-refractivity contribution is -0.114. The molecule has 0 radical (unpaired) electrons. The molecule has 2 N–H and O–H groups in total. The van der Waals surface area contributed by atoms with Gasteiger partial charge >= 0.3 is 0 Å². The van der Waals surface area contributed by atoms with Crippen LogP contribution in [0.25, 0.3) is 10.6 Å². The fraction of sp³-hybridized carbons (Fsp3) is 0.158. The second-order valence-electron chi connectivity index (χ2n) is 5.73. The van der Waals surface area contributed by atoms with Crippen molar-refractivity contribution in [1.29, 1.82) is 0 Å². The Morgan fingerprint density at radius 2 is 1.92 bits per heavy atom. The Hall–Kier alpha value is -3.06. The van der Waals surface area contributed by atoms with E-state index in [1.165, 1.54) is 18.3 Å². The number of thiazole rings is 1. The summed E-state index contributed by atoms with van der Waals surface area (Å²) in [6.45, 7) is 3.75. The summed E-state index contributed by atoms with van der Waals surface area (Å²) in [5.41, 5.74) is 2.99. The Kier molecular flexibility index (Phi) is 5.38. The Labute approximate surface area is 155 Å². The number of nitrogens with zero attached hydrogens (tertiary/aromatic N) is 2. The van der Waals surface area contributed by atoms with Crippen LogP contribution in [0.3, 0.4) is 0 Å². The highest BCUT2D eigenvalue weighted by Crippen LogP contribution is 2.28. The summed E-state index contributed by atoms with van der Waals surface area (Å²) in [6, 6.07) is 11.1. The van der Waals surface area contributed by atoms with E-state index in [1.807, 2.05) is 43.3 Å². The lowest BCUT2D eigenvalue weighted by Crippen LogP contribution is -2.23. The van der Waals surface area contributed by atoms with E-state index in [-0.39, 0.29) is 11.8 Å². The van der Waals surface area contributed by atoms with Gasteiger partial charge in [0.2, 0.25) is 5.91 Å². The van der Waals surface area contributed by atoms with Crippen molar-refractivity contribution >= 4 is 28.8 Å². The number of aromatic nitrogens is 2. The number of carbonyl (C=O) groups excluding carboxylic acids is 2. The SMILES string of the molecule is CC(=O)Nc1ccc(-c2nc(C(=O)NCc3cccnc3)c(C)s2)cc1. The van der Waals surface area contributed by atoms with E-state index in [0.717, 1.165) is 26.7 Å². The van der Waals surface area contributed by atoms with Crippen LogP contribution in [0.5, 0.6) is 0 Å². The Bertz CT molecular complexity index is 920. The van der Waals surface area contributed by atoms with Gasteiger partial charge in [-0.05, 0) is 42.8 Å². The van der Waals surface area contributed by atoms with Gasteiger partial charge < -0.3 is 10.6 Å². The predicted octanol–water partition coefficient (Wildman–Crippen LogP) is 3.40. The molecule has 0 saturated carbocycles. The third kappa shape index (κ3) is 4.31. The number of rotatable bonds is 5. The molecule has 132 valence electrons. The highest BCUT2D eigenvalue weighted by Gasteiger charge is 2.16. The first kappa shape index (κ1) is 17.8. The molecule has 7 heteroatoms. The number of hydrogen-bond donors (Lipinski definition) is 2. The van der Waals surface area contributed by atoms with E-state index < -0.39 is 0 Å². The Morgan fingerprint density at radius 3 is 2.58 bits per heavy atom. The third-order valence-corrected chi connectivity index (χ3v) is 4.66. The minimum absolute atomic E-state index is 0.115. The molecule has 0 aliphatic heterocycles. The second kappa shape index (κ2) is 7.88. The van der Waals surface area contributed by atoms with Gasteiger partial charge in [-0.15, -0.1) is 11.3 Å². The lowest BCUT2D eigenvalue weighted by atomic mass is 10.2. The van der Waals surface area contributed by atoms with Gasteiger partial charge in [0.1, 0.15) is 10.7 Å². The summed E-state index contributed by atoms with van der Waals surface area (Å²) in [5, 5.41) is 6.36. The topological polar surface area (TPSA) is 84.0 Å². The summed E-state index contributed by atoms with van der Waals surface area (Å²) < 4.78 is 0. The molecule has 1 aromatic carbocycles. The molecular formula is C19H18N4O2S. The van der Waals surface area contributed by atoms with Gasteiger partial charge in [0, 0.05) is 42.0 Å². The summed E-state index contributed by atoms with van der Waals surface area (Å²) in [5.74, 6) is -0.320. The number of carbonyl (C=O) groups is 2. The normalized spacial score (nSPS) is 10.4. The zero-order valence-corrected chi connectivity index (χ0v) is 15.3. The first-order valence-corrected chi connectivity index (χ1v) is 8.87. The second-order valence-corrected chi connectivity index (χ2v) is 6.93. The van der Waals surface area contributed by atoms with Crippen LogP contribution in [0.1, 0.15) is 27.9 Å². The number of amides is 2. The van der Waals surface area contributed by atoms with Crippen molar-refractivity contribution in [2.24, 2.45) is 0 Å². The van der Waals surface area contributed by atoms with E-state index in [4.69, 9.17) is 0 Å². The standard InChI is InChI=1S/C19H18N4O2S/c1-12-17(18(25)21-11-14-4-3-9-20-10-14)23-19(26-12)15-5-7-16(8-6-15)22-13(2)24/h3-10H,11H2,1-2H3,(H,21,25)(H,22,24).